The molecule has 206 valence electrons. The Morgan fingerprint density at radius 3 is 1.77 bits per heavy atom. The van der Waals surface area contributed by atoms with Gasteiger partial charge in [0.1, 0.15) is 4.60 Å². The molecule has 0 N–H and O–H groups in total. The molecule has 0 saturated carbocycles. The largest absolute Gasteiger partial charge is 0.494 e. The molecule has 1 aliphatic heterocycles. The minimum absolute atomic E-state index is 0. The second-order valence-electron chi connectivity index (χ2n) is 9.21. The molecule has 0 unspecified atom stereocenters. The molecule has 4 nitrogen and oxygen atoms in total. The van der Waals surface area contributed by atoms with Crippen LogP contribution in [0.15, 0.2) is 98.5 Å². The highest BCUT2D eigenvalue weighted by molar-refractivity contribution is 9.11. The first kappa shape index (κ1) is 21.0. The van der Waals surface area contributed by atoms with E-state index in [9.17, 15) is 0 Å². The Kier molecular flexibility index (Phi) is 7.90. The van der Waals surface area contributed by atoms with E-state index in [0.29, 0.717) is 5.69 Å². The topological polar surface area (TPSA) is 44.2 Å². The lowest BCUT2D eigenvalue weighted by Crippen LogP contribution is -2.41. The highest BCUT2D eigenvalue weighted by Crippen LogP contribution is 2.36. The highest BCUT2D eigenvalue weighted by atomic mass is 79.9. The standard InChI is InChI=1S/C12H17BO2.C12H10BrN.C6H5Br2N.CH4/c1-11(2)12(3,4)15-13(14-11)10-8-6-5-7-9-10;1-9-7-12(14-8-11(9)13)10-5-3-2-4-6-10;1-4-2-5(7)3-9-6(4)8;/h5-9H,1-4H3;2-8H,1H3;2-3H,1H3;1H4/i5D,6D,7D,8D,9D;2D,3D,4D,5D,6D;;. The highest BCUT2D eigenvalue weighted by Gasteiger charge is 2.51. The minimum Gasteiger partial charge on any atom is -0.399 e. The summed E-state index contributed by atoms with van der Waals surface area (Å²) in [6.07, 6.45) is 3.32. The van der Waals surface area contributed by atoms with Gasteiger partial charge in [-0.15, -0.1) is 0 Å². The number of halogens is 3. The summed E-state index contributed by atoms with van der Waals surface area (Å²) >= 11 is 9.93. The van der Waals surface area contributed by atoms with Crippen LogP contribution in [0.1, 0.15) is 60.0 Å². The van der Waals surface area contributed by atoms with Gasteiger partial charge in [0, 0.05) is 26.9 Å². The van der Waals surface area contributed by atoms with Gasteiger partial charge in [0.2, 0.25) is 0 Å². The number of nitrogens with zero attached hydrogens (tertiary/aromatic N) is 2. The van der Waals surface area contributed by atoms with Gasteiger partial charge in [0.15, 0.2) is 0 Å². The molecule has 1 saturated heterocycles. The van der Waals surface area contributed by atoms with Crippen LogP contribution >= 0.6 is 47.8 Å². The molecular formula is C31H36BBr3N2O2. The van der Waals surface area contributed by atoms with Gasteiger partial charge in [-0.3, -0.25) is 4.98 Å². The summed E-state index contributed by atoms with van der Waals surface area (Å²) in [5.74, 6) is 0. The molecule has 0 spiro atoms. The van der Waals surface area contributed by atoms with E-state index in [1.807, 2.05) is 47.6 Å². The summed E-state index contributed by atoms with van der Waals surface area (Å²) in [5.41, 5.74) is 1.33. The Morgan fingerprint density at radius 1 is 0.744 bits per heavy atom. The number of pyridine rings is 2. The Labute approximate surface area is 273 Å². The molecule has 2 aromatic heterocycles. The van der Waals surface area contributed by atoms with Crippen molar-refractivity contribution in [1.82, 2.24) is 9.97 Å². The van der Waals surface area contributed by atoms with Gasteiger partial charge in [0.05, 0.1) is 30.6 Å². The Hall–Kier alpha value is -1.84. The molecule has 0 radical (unpaired) electrons. The second-order valence-corrected chi connectivity index (χ2v) is 11.7. The van der Waals surface area contributed by atoms with Crippen molar-refractivity contribution >= 4 is 60.4 Å². The molecule has 0 bridgehead atoms. The molecule has 0 atom stereocenters. The van der Waals surface area contributed by atoms with Crippen molar-refractivity contribution in [3.8, 4) is 11.3 Å². The lowest BCUT2D eigenvalue weighted by Gasteiger charge is -2.32. The average molecular weight is 729 g/mol. The molecule has 1 fully saturated rings. The van der Waals surface area contributed by atoms with Crippen molar-refractivity contribution in [2.24, 2.45) is 0 Å². The van der Waals surface area contributed by atoms with E-state index in [0.717, 1.165) is 24.7 Å². The third-order valence-corrected chi connectivity index (χ3v) is 7.89. The van der Waals surface area contributed by atoms with Crippen LogP contribution in [0.25, 0.3) is 11.3 Å². The Bertz CT molecular complexity index is 1810. The maximum atomic E-state index is 7.93. The molecule has 4 aromatic rings. The first-order chi connectivity index (χ1) is 22.0. The van der Waals surface area contributed by atoms with Gasteiger partial charge < -0.3 is 9.31 Å². The number of rotatable bonds is 2. The third-order valence-electron chi connectivity index (χ3n) is 5.79. The van der Waals surface area contributed by atoms with Gasteiger partial charge in [0.25, 0.3) is 0 Å². The average Bonchev–Trinajstić information content (AvgIpc) is 3.23. The predicted molar refractivity (Wildman–Crippen MR) is 175 cm³/mol. The van der Waals surface area contributed by atoms with E-state index in [-0.39, 0.29) is 66.8 Å². The SMILES string of the molecule is C.Cc1cc(Br)cnc1Br.[2H]c1c([2H])c([2H])c(-c2cc(C)c(Br)cn2)c([2H])c1[2H].[2H]c1c([2H])c([2H])c(B2OC(C)(C)C(C)(C)O2)c([2H])c1[2H]. The van der Waals surface area contributed by atoms with Crippen LogP contribution in [0, 0.1) is 13.8 Å². The molecule has 3 heterocycles. The van der Waals surface area contributed by atoms with E-state index in [4.69, 9.17) is 23.0 Å². The number of hydrogen-bond donors (Lipinski definition) is 0. The molecule has 1 aliphatic rings. The number of benzene rings is 2. The lowest BCUT2D eigenvalue weighted by molar-refractivity contribution is 0.00578. The number of aryl methyl sites for hydroxylation is 2. The molecule has 5 rings (SSSR count). The summed E-state index contributed by atoms with van der Waals surface area (Å²) in [4.78, 5) is 8.18. The van der Waals surface area contributed by atoms with Gasteiger partial charge >= 0.3 is 7.12 Å². The van der Waals surface area contributed by atoms with Gasteiger partial charge in [-0.2, -0.15) is 0 Å². The molecule has 0 amide bonds. The van der Waals surface area contributed by atoms with Gasteiger partial charge in [-0.05, 0) is 118 Å². The predicted octanol–water partition coefficient (Wildman–Crippen LogP) is 9.36. The van der Waals surface area contributed by atoms with E-state index >= 15 is 0 Å². The fourth-order valence-electron chi connectivity index (χ4n) is 2.92. The monoisotopic (exact) mass is 726 g/mol. The van der Waals surface area contributed by atoms with Crippen molar-refractivity contribution in [1.29, 1.82) is 0 Å². The van der Waals surface area contributed by atoms with Crippen molar-refractivity contribution in [3.05, 3.63) is 110 Å². The fraction of sp³-hybridized carbons (Fsp3) is 0.290. The smallest absolute Gasteiger partial charge is 0.399 e. The van der Waals surface area contributed by atoms with Gasteiger partial charge in [-0.25, -0.2) is 4.98 Å². The minimum atomic E-state index is -0.964. The van der Waals surface area contributed by atoms with Crippen molar-refractivity contribution < 1.29 is 23.0 Å². The van der Waals surface area contributed by atoms with Crippen LogP contribution in [-0.2, 0) is 9.31 Å². The van der Waals surface area contributed by atoms with Crippen LogP contribution in [0.3, 0.4) is 0 Å². The van der Waals surface area contributed by atoms with Crippen molar-refractivity contribution in [2.45, 2.75) is 60.2 Å². The summed E-state index contributed by atoms with van der Waals surface area (Å²) < 4.78 is 91.6. The van der Waals surface area contributed by atoms with Crippen LogP contribution in [-0.4, -0.2) is 28.3 Å². The normalized spacial score (nSPS) is 18.3. The molecule has 8 heteroatoms. The Morgan fingerprint density at radius 2 is 1.28 bits per heavy atom. The van der Waals surface area contributed by atoms with Crippen LogP contribution in [0.2, 0.25) is 0 Å². The maximum absolute atomic E-state index is 7.93. The first-order valence-corrected chi connectivity index (χ1v) is 13.8. The summed E-state index contributed by atoms with van der Waals surface area (Å²) in [5, 5.41) is 0. The van der Waals surface area contributed by atoms with E-state index in [1.165, 1.54) is 0 Å². The Balaban J connectivity index is 0.000000269. The first-order valence-electron chi connectivity index (χ1n) is 16.4. The number of aromatic nitrogens is 2. The molecular weight excluding hydrogens is 683 g/mol. The quantitative estimate of drug-likeness (QED) is 0.153. The summed E-state index contributed by atoms with van der Waals surface area (Å²) in [7, 11) is -0.964. The van der Waals surface area contributed by atoms with Crippen molar-refractivity contribution in [2.75, 3.05) is 0 Å². The molecule has 39 heavy (non-hydrogen) atoms. The fourth-order valence-corrected chi connectivity index (χ4v) is 3.80. The zero-order valence-electron chi connectivity index (χ0n) is 31.7. The molecule has 0 aliphatic carbocycles. The van der Waals surface area contributed by atoms with E-state index < -0.39 is 30.4 Å². The second kappa shape index (κ2) is 14.7. The zero-order valence-corrected chi connectivity index (χ0v) is 26.5. The van der Waals surface area contributed by atoms with Crippen molar-refractivity contribution in [3.63, 3.8) is 0 Å². The van der Waals surface area contributed by atoms with Crippen LogP contribution in [0.4, 0.5) is 0 Å². The third kappa shape index (κ3) is 9.36. The van der Waals surface area contributed by atoms with Gasteiger partial charge in [-0.1, -0.05) is 67.9 Å². The van der Waals surface area contributed by atoms with Crippen LogP contribution < -0.4 is 5.46 Å². The lowest BCUT2D eigenvalue weighted by atomic mass is 9.79. The maximum Gasteiger partial charge on any atom is 0.494 e. The van der Waals surface area contributed by atoms with Crippen LogP contribution in [0.5, 0.6) is 0 Å². The summed E-state index contributed by atoms with van der Waals surface area (Å²) in [6, 6.07) is 0.398. The van der Waals surface area contributed by atoms with E-state index in [2.05, 4.69) is 57.8 Å². The van der Waals surface area contributed by atoms with E-state index in [1.54, 1.807) is 18.5 Å². The molecule has 2 aromatic carbocycles. The zero-order chi connectivity index (χ0) is 36.6. The summed E-state index contributed by atoms with van der Waals surface area (Å²) in [6.45, 7) is 11.3. The number of hydrogen-bond acceptors (Lipinski definition) is 4.